The maximum atomic E-state index is 2.78. The highest BCUT2D eigenvalue weighted by Crippen LogP contribution is 2.62. The number of rotatable bonds is 4. The molecule has 3 nitrogen and oxygen atoms in total. The molecule has 11 aromatic rings. The summed E-state index contributed by atoms with van der Waals surface area (Å²) >= 11 is 3.84. The van der Waals surface area contributed by atoms with Gasteiger partial charge < -0.3 is 14.7 Å². The molecule has 0 spiro atoms. The Bertz CT molecular complexity index is 4120. The van der Waals surface area contributed by atoms with Crippen molar-refractivity contribution in [2.75, 3.05) is 14.7 Å². The summed E-state index contributed by atoms with van der Waals surface area (Å²) in [6.07, 6.45) is 4.78. The Kier molecular flexibility index (Phi) is 9.20. The third-order valence-electron chi connectivity index (χ3n) is 17.8. The number of hydrogen-bond acceptors (Lipinski definition) is 5. The quantitative estimate of drug-likeness (QED) is 0.163. The number of fused-ring (bicyclic) bond motifs is 13. The van der Waals surface area contributed by atoms with Gasteiger partial charge in [0.2, 0.25) is 0 Å². The predicted octanol–water partition coefficient (Wildman–Crippen LogP) is 17.5. The second kappa shape index (κ2) is 15.5. The molecule has 0 N–H and O–H groups in total. The summed E-state index contributed by atoms with van der Waals surface area (Å²) < 4.78 is 5.28. The number of nitrogens with zero attached hydrogens (tertiary/aromatic N) is 3. The largest absolute Gasteiger partial charge is 0.334 e. The fraction of sp³-hybridized carbons (Fsp3) is 0.194. The van der Waals surface area contributed by atoms with Gasteiger partial charge >= 0.3 is 0 Å². The molecule has 1 fully saturated rings. The molecule has 6 heteroatoms. The summed E-state index contributed by atoms with van der Waals surface area (Å²) in [6, 6.07) is 70.2. The number of thiophene rings is 2. The van der Waals surface area contributed by atoms with Crippen LogP contribution in [0.4, 0.5) is 45.5 Å². The van der Waals surface area contributed by atoms with E-state index in [4.69, 9.17) is 0 Å². The van der Waals surface area contributed by atoms with Crippen LogP contribution >= 0.6 is 22.7 Å². The van der Waals surface area contributed by atoms with E-state index in [0.29, 0.717) is 0 Å². The van der Waals surface area contributed by atoms with Crippen molar-refractivity contribution in [3.05, 3.63) is 199 Å². The minimum atomic E-state index is -0.114. The van der Waals surface area contributed by atoms with E-state index in [-0.39, 0.29) is 23.1 Å². The van der Waals surface area contributed by atoms with Crippen molar-refractivity contribution in [1.29, 1.82) is 0 Å². The van der Waals surface area contributed by atoms with Gasteiger partial charge in [-0.15, -0.1) is 22.7 Å². The van der Waals surface area contributed by atoms with Gasteiger partial charge in [0.1, 0.15) is 0 Å². The van der Waals surface area contributed by atoms with E-state index in [1.165, 1.54) is 149 Å². The fourth-order valence-corrected chi connectivity index (χ4v) is 16.4. The van der Waals surface area contributed by atoms with Crippen LogP contribution in [0.1, 0.15) is 77.0 Å². The van der Waals surface area contributed by atoms with Crippen LogP contribution in [0.25, 0.3) is 51.5 Å². The Labute approximate surface area is 437 Å². The third kappa shape index (κ3) is 6.05. The molecule has 15 rings (SSSR count). The van der Waals surface area contributed by atoms with Crippen molar-refractivity contribution >= 4 is 132 Å². The molecule has 0 bridgehead atoms. The molecule has 5 heterocycles. The molecule has 9 aromatic carbocycles. The van der Waals surface area contributed by atoms with Gasteiger partial charge in [0.05, 0.1) is 26.3 Å². The molecule has 2 atom stereocenters. The summed E-state index contributed by atoms with van der Waals surface area (Å²) in [5, 5.41) is 5.26. The molecular weight excluding hydrogens is 922 g/mol. The maximum Gasteiger partial charge on any atom is 0.252 e. The van der Waals surface area contributed by atoms with Gasteiger partial charge in [-0.1, -0.05) is 156 Å². The van der Waals surface area contributed by atoms with Crippen molar-refractivity contribution in [2.24, 2.45) is 0 Å². The summed E-state index contributed by atoms with van der Waals surface area (Å²) in [5.74, 6) is 0. The SMILES string of the molecule is Cc1cc2c3c(c1)N(c1cccc4c1sc1ccccc14)c1cc(N4c5ccc(-c6ccccc6)cc5C5(C)CCCCC45C)ccc1B3c1cc(C(C)(C)C)ccc1N2c1cccc2c1sc1ccccc12. The molecule has 3 aliphatic heterocycles. The Hall–Kier alpha value is -7.12. The van der Waals surface area contributed by atoms with Crippen LogP contribution in [-0.2, 0) is 10.8 Å². The predicted molar refractivity (Wildman–Crippen MR) is 318 cm³/mol. The van der Waals surface area contributed by atoms with E-state index >= 15 is 0 Å². The number of hydrogen-bond donors (Lipinski definition) is 0. The monoisotopic (exact) mass is 977 g/mol. The van der Waals surface area contributed by atoms with E-state index in [1.54, 1.807) is 0 Å². The van der Waals surface area contributed by atoms with E-state index in [9.17, 15) is 0 Å². The smallest absolute Gasteiger partial charge is 0.252 e. The molecule has 0 amide bonds. The first kappa shape index (κ1) is 43.5. The molecule has 73 heavy (non-hydrogen) atoms. The van der Waals surface area contributed by atoms with Crippen molar-refractivity contribution in [3.8, 4) is 11.1 Å². The Morgan fingerprint density at radius 3 is 1.75 bits per heavy atom. The molecule has 0 radical (unpaired) electrons. The van der Waals surface area contributed by atoms with Crippen molar-refractivity contribution in [1.82, 2.24) is 0 Å². The number of aryl methyl sites for hydroxylation is 1. The zero-order valence-corrected chi connectivity index (χ0v) is 44.0. The fourth-order valence-electron chi connectivity index (χ4n) is 14.0. The molecule has 4 aliphatic rings. The lowest BCUT2D eigenvalue weighted by Gasteiger charge is -2.50. The van der Waals surface area contributed by atoms with Crippen LogP contribution in [-0.4, -0.2) is 12.3 Å². The lowest BCUT2D eigenvalue weighted by Crippen LogP contribution is -2.61. The lowest BCUT2D eigenvalue weighted by molar-refractivity contribution is 0.195. The van der Waals surface area contributed by atoms with Gasteiger partial charge in [-0.25, -0.2) is 0 Å². The topological polar surface area (TPSA) is 9.72 Å². The Balaban J connectivity index is 1.02. The normalized spacial score (nSPS) is 18.9. The van der Waals surface area contributed by atoms with Crippen LogP contribution < -0.4 is 31.1 Å². The van der Waals surface area contributed by atoms with E-state index < -0.39 is 0 Å². The zero-order valence-electron chi connectivity index (χ0n) is 42.4. The van der Waals surface area contributed by atoms with Crippen molar-refractivity contribution in [2.45, 2.75) is 83.6 Å². The van der Waals surface area contributed by atoms with Crippen LogP contribution in [0.2, 0.25) is 0 Å². The van der Waals surface area contributed by atoms with E-state index in [1.807, 2.05) is 22.7 Å². The first-order valence-electron chi connectivity index (χ1n) is 26.3. The van der Waals surface area contributed by atoms with Gasteiger partial charge in [-0.3, -0.25) is 0 Å². The highest BCUT2D eigenvalue weighted by Gasteiger charge is 2.58. The third-order valence-corrected chi connectivity index (χ3v) is 20.2. The van der Waals surface area contributed by atoms with Crippen molar-refractivity contribution < 1.29 is 0 Å². The first-order valence-corrected chi connectivity index (χ1v) is 28.0. The lowest BCUT2D eigenvalue weighted by atomic mass is 9.33. The summed E-state index contributed by atoms with van der Waals surface area (Å²) in [5.41, 5.74) is 20.7. The summed E-state index contributed by atoms with van der Waals surface area (Å²) in [7, 11) is 0. The average Bonchev–Trinajstić information content (AvgIpc) is 4.04. The first-order chi connectivity index (χ1) is 35.5. The Morgan fingerprint density at radius 2 is 1.08 bits per heavy atom. The minimum Gasteiger partial charge on any atom is -0.334 e. The van der Waals surface area contributed by atoms with Gasteiger partial charge in [0, 0.05) is 70.5 Å². The van der Waals surface area contributed by atoms with E-state index in [2.05, 4.69) is 238 Å². The van der Waals surface area contributed by atoms with Gasteiger partial charge in [-0.05, 0) is 143 Å². The summed E-state index contributed by atoms with van der Waals surface area (Å²) in [6.45, 7) is 14.5. The highest BCUT2D eigenvalue weighted by molar-refractivity contribution is 7.27. The number of benzene rings is 9. The zero-order chi connectivity index (χ0) is 49.1. The molecule has 0 saturated heterocycles. The van der Waals surface area contributed by atoms with Gasteiger partial charge in [0.25, 0.3) is 6.71 Å². The van der Waals surface area contributed by atoms with Crippen molar-refractivity contribution in [3.63, 3.8) is 0 Å². The van der Waals surface area contributed by atoms with E-state index in [0.717, 1.165) is 6.42 Å². The molecule has 1 aliphatic carbocycles. The van der Waals surface area contributed by atoms with Gasteiger partial charge in [0.15, 0.2) is 0 Å². The second-order valence-corrected chi connectivity index (χ2v) is 24.9. The molecular formula is C67H56BN3S2. The average molecular weight is 978 g/mol. The van der Waals surface area contributed by atoms with Crippen LogP contribution in [0.3, 0.4) is 0 Å². The van der Waals surface area contributed by atoms with Crippen LogP contribution in [0, 0.1) is 6.92 Å². The highest BCUT2D eigenvalue weighted by atomic mass is 32.1. The van der Waals surface area contributed by atoms with Crippen LogP contribution in [0.5, 0.6) is 0 Å². The molecule has 2 aromatic heterocycles. The molecule has 354 valence electrons. The minimum absolute atomic E-state index is 0.00231. The molecule has 2 unspecified atom stereocenters. The Morgan fingerprint density at radius 1 is 0.479 bits per heavy atom. The maximum absolute atomic E-state index is 2.78. The standard InChI is InChI=1S/C67H56BN3S2/c1-41-36-58-62-59(37-41)70(56-25-17-23-49-47-21-11-13-27-61(47)73-64(49)56)57-40-45(71-53-32-28-43(42-18-8-7-9-19-42)38-50(53)66(5)34-14-15-35-67(66,71)6)30-31-51(57)68(62)52-39-44(65(2,3)4)29-33-54(52)69(58)55-24-16-22-48-46-20-10-12-26-60(46)72-63(48)55/h7-13,16-33,36-40H,14-15,34-35H2,1-6H3. The number of anilines is 8. The molecule has 1 saturated carbocycles. The second-order valence-electron chi connectivity index (χ2n) is 22.8. The van der Waals surface area contributed by atoms with Gasteiger partial charge in [-0.2, -0.15) is 0 Å². The van der Waals surface area contributed by atoms with Crippen LogP contribution in [0.15, 0.2) is 182 Å². The summed E-state index contributed by atoms with van der Waals surface area (Å²) in [4.78, 5) is 8.11.